The predicted octanol–water partition coefficient (Wildman–Crippen LogP) is 3.37. The summed E-state index contributed by atoms with van der Waals surface area (Å²) in [5, 5.41) is 9.04. The summed E-state index contributed by atoms with van der Waals surface area (Å²) in [6.07, 6.45) is 4.11. The molecule has 0 bridgehead atoms. The third kappa shape index (κ3) is 8.25. The van der Waals surface area contributed by atoms with Crippen LogP contribution in [0.4, 0.5) is 0 Å². The molecule has 0 aliphatic heterocycles. The number of hydrogen-bond donors (Lipinski definition) is 3. The van der Waals surface area contributed by atoms with E-state index in [1.165, 1.54) is 18.4 Å². The highest BCUT2D eigenvalue weighted by molar-refractivity contribution is 14.0. The van der Waals surface area contributed by atoms with Crippen molar-refractivity contribution in [3.63, 3.8) is 0 Å². The van der Waals surface area contributed by atoms with Crippen molar-refractivity contribution < 1.29 is 13.9 Å². The van der Waals surface area contributed by atoms with Gasteiger partial charge in [-0.15, -0.1) is 24.0 Å². The Kier molecular flexibility index (Phi) is 9.99. The van der Waals surface area contributed by atoms with Crippen molar-refractivity contribution in [2.45, 2.75) is 39.8 Å². The van der Waals surface area contributed by atoms with Gasteiger partial charge in [-0.1, -0.05) is 12.1 Å². The number of aryl methyl sites for hydroxylation is 1. The maximum absolute atomic E-state index is 12.0. The van der Waals surface area contributed by atoms with Gasteiger partial charge in [0.25, 0.3) is 0 Å². The highest BCUT2D eigenvalue weighted by Gasteiger charge is 2.22. The van der Waals surface area contributed by atoms with E-state index >= 15 is 0 Å². The van der Waals surface area contributed by atoms with Gasteiger partial charge in [-0.2, -0.15) is 0 Å². The van der Waals surface area contributed by atoms with Crippen LogP contribution in [0.3, 0.4) is 0 Å². The van der Waals surface area contributed by atoms with Crippen LogP contribution in [-0.4, -0.2) is 31.6 Å². The predicted molar refractivity (Wildman–Crippen MR) is 128 cm³/mol. The minimum Gasteiger partial charge on any atom is -0.493 e. The molecule has 0 radical (unpaired) electrons. The fraction of sp³-hybridized carbons (Fsp3) is 0.455. The molecule has 0 saturated heterocycles. The summed E-state index contributed by atoms with van der Waals surface area (Å²) in [5.74, 6) is 2.78. The SMILES string of the molecule is CCNC(=NCc1ccc(C)cc1OCC1CC1)NCC(=O)NCc1ccco1.I. The largest absolute Gasteiger partial charge is 0.493 e. The van der Waals surface area contributed by atoms with Gasteiger partial charge < -0.3 is 25.1 Å². The first-order valence-electron chi connectivity index (χ1n) is 10.2. The minimum absolute atomic E-state index is 0. The summed E-state index contributed by atoms with van der Waals surface area (Å²) < 4.78 is 11.2. The first-order valence-corrected chi connectivity index (χ1v) is 10.2. The number of nitrogens with one attached hydrogen (secondary N) is 3. The molecule has 164 valence electrons. The molecule has 1 fully saturated rings. The van der Waals surface area contributed by atoms with Gasteiger partial charge in [-0.05, 0) is 56.4 Å². The number of rotatable bonds is 10. The molecule has 7 nitrogen and oxygen atoms in total. The van der Waals surface area contributed by atoms with Gasteiger partial charge in [0.05, 0.1) is 32.5 Å². The van der Waals surface area contributed by atoms with Crippen molar-refractivity contribution in [2.24, 2.45) is 10.9 Å². The smallest absolute Gasteiger partial charge is 0.239 e. The van der Waals surface area contributed by atoms with E-state index < -0.39 is 0 Å². The fourth-order valence-electron chi connectivity index (χ4n) is 2.75. The Hall–Kier alpha value is -2.23. The maximum atomic E-state index is 12.0. The quantitative estimate of drug-likeness (QED) is 0.251. The Morgan fingerprint density at radius 3 is 2.77 bits per heavy atom. The van der Waals surface area contributed by atoms with E-state index in [9.17, 15) is 4.79 Å². The molecule has 1 saturated carbocycles. The second-order valence-corrected chi connectivity index (χ2v) is 7.27. The van der Waals surface area contributed by atoms with Crippen LogP contribution >= 0.6 is 24.0 Å². The van der Waals surface area contributed by atoms with E-state index in [4.69, 9.17) is 9.15 Å². The summed E-state index contributed by atoms with van der Waals surface area (Å²) in [6, 6.07) is 9.81. The van der Waals surface area contributed by atoms with Gasteiger partial charge in [0.15, 0.2) is 5.96 Å². The standard InChI is InChI=1S/C22H30N4O3.HI/c1-3-23-22(26-14-21(27)24-13-19-5-4-10-28-19)25-12-18-9-6-16(2)11-20(18)29-15-17-7-8-17;/h4-6,9-11,17H,3,7-8,12-15H2,1-2H3,(H,24,27)(H2,23,25,26);1H. The van der Waals surface area contributed by atoms with E-state index in [2.05, 4.69) is 46.1 Å². The number of guanidine groups is 1. The second-order valence-electron chi connectivity index (χ2n) is 7.27. The zero-order valence-electron chi connectivity index (χ0n) is 17.6. The highest BCUT2D eigenvalue weighted by Crippen LogP contribution is 2.30. The summed E-state index contributed by atoms with van der Waals surface area (Å²) in [6.45, 7) is 6.50. The Balaban J connectivity index is 0.00000320. The van der Waals surface area contributed by atoms with Crippen LogP contribution in [0.15, 0.2) is 46.0 Å². The lowest BCUT2D eigenvalue weighted by atomic mass is 10.1. The molecular weight excluding hydrogens is 495 g/mol. The number of carbonyl (C=O) groups is 1. The first-order chi connectivity index (χ1) is 14.1. The molecule has 0 unspecified atom stereocenters. The van der Waals surface area contributed by atoms with Crippen LogP contribution in [0.1, 0.15) is 36.7 Å². The molecule has 8 heteroatoms. The molecule has 3 N–H and O–H groups in total. The van der Waals surface area contributed by atoms with Crippen molar-refractivity contribution in [2.75, 3.05) is 19.7 Å². The van der Waals surface area contributed by atoms with Crippen molar-refractivity contribution in [3.05, 3.63) is 53.5 Å². The van der Waals surface area contributed by atoms with Crippen LogP contribution in [-0.2, 0) is 17.9 Å². The number of benzene rings is 1. The minimum atomic E-state index is -0.129. The molecule has 1 aliphatic carbocycles. The molecule has 1 amide bonds. The molecular formula is C22H31IN4O3. The van der Waals surface area contributed by atoms with Gasteiger partial charge >= 0.3 is 0 Å². The zero-order valence-corrected chi connectivity index (χ0v) is 19.9. The van der Waals surface area contributed by atoms with Crippen molar-refractivity contribution in [1.29, 1.82) is 0 Å². The summed E-state index contributed by atoms with van der Waals surface area (Å²) in [7, 11) is 0. The van der Waals surface area contributed by atoms with Crippen molar-refractivity contribution in [3.8, 4) is 5.75 Å². The number of furan rings is 1. The number of nitrogens with zero attached hydrogens (tertiary/aromatic N) is 1. The lowest BCUT2D eigenvalue weighted by molar-refractivity contribution is -0.120. The topological polar surface area (TPSA) is 87.9 Å². The third-order valence-corrected chi connectivity index (χ3v) is 4.60. The van der Waals surface area contributed by atoms with Crippen LogP contribution in [0, 0.1) is 12.8 Å². The molecule has 1 aromatic carbocycles. The molecule has 1 heterocycles. The first kappa shape index (κ1) is 24.0. The number of carbonyl (C=O) groups excluding carboxylic acids is 1. The fourth-order valence-corrected chi connectivity index (χ4v) is 2.75. The van der Waals surface area contributed by atoms with Crippen LogP contribution in [0.25, 0.3) is 0 Å². The van der Waals surface area contributed by atoms with Gasteiger partial charge in [0.1, 0.15) is 11.5 Å². The highest BCUT2D eigenvalue weighted by atomic mass is 127. The number of halogens is 1. The lowest BCUT2D eigenvalue weighted by Gasteiger charge is -2.13. The lowest BCUT2D eigenvalue weighted by Crippen LogP contribution is -2.43. The average molecular weight is 526 g/mol. The van der Waals surface area contributed by atoms with E-state index in [1.54, 1.807) is 12.3 Å². The van der Waals surface area contributed by atoms with E-state index in [0.29, 0.717) is 31.5 Å². The number of ether oxygens (including phenoxy) is 1. The number of amides is 1. The van der Waals surface area contributed by atoms with Crippen molar-refractivity contribution in [1.82, 2.24) is 16.0 Å². The third-order valence-electron chi connectivity index (χ3n) is 4.60. The Morgan fingerprint density at radius 1 is 1.23 bits per heavy atom. The van der Waals surface area contributed by atoms with E-state index in [1.807, 2.05) is 13.0 Å². The van der Waals surface area contributed by atoms with Crippen LogP contribution < -0.4 is 20.7 Å². The number of aliphatic imine (C=N–C) groups is 1. The van der Waals surface area contributed by atoms with E-state index in [-0.39, 0.29) is 36.4 Å². The molecule has 0 atom stereocenters. The van der Waals surface area contributed by atoms with Gasteiger partial charge in [-0.3, -0.25) is 4.79 Å². The van der Waals surface area contributed by atoms with Crippen molar-refractivity contribution >= 4 is 35.8 Å². The summed E-state index contributed by atoms with van der Waals surface area (Å²) >= 11 is 0. The monoisotopic (exact) mass is 526 g/mol. The van der Waals surface area contributed by atoms with Gasteiger partial charge in [0, 0.05) is 12.1 Å². The van der Waals surface area contributed by atoms with E-state index in [0.717, 1.165) is 23.7 Å². The maximum Gasteiger partial charge on any atom is 0.239 e. The van der Waals surface area contributed by atoms with Crippen LogP contribution in [0.2, 0.25) is 0 Å². The molecule has 0 spiro atoms. The normalized spacial score (nSPS) is 13.3. The second kappa shape index (κ2) is 12.5. The Labute approximate surface area is 195 Å². The molecule has 3 rings (SSSR count). The molecule has 30 heavy (non-hydrogen) atoms. The molecule has 1 aliphatic rings. The van der Waals surface area contributed by atoms with Crippen LogP contribution in [0.5, 0.6) is 5.75 Å². The Bertz CT molecular complexity index is 820. The average Bonchev–Trinajstić information content (AvgIpc) is 3.40. The number of hydrogen-bond acceptors (Lipinski definition) is 4. The van der Waals surface area contributed by atoms with Gasteiger partial charge in [0.2, 0.25) is 5.91 Å². The summed E-state index contributed by atoms with van der Waals surface area (Å²) in [5.41, 5.74) is 2.21. The van der Waals surface area contributed by atoms with Gasteiger partial charge in [-0.25, -0.2) is 4.99 Å². The summed E-state index contributed by atoms with van der Waals surface area (Å²) in [4.78, 5) is 16.7. The molecule has 1 aromatic heterocycles. The zero-order chi connectivity index (χ0) is 20.5. The molecule has 2 aromatic rings. The Morgan fingerprint density at radius 2 is 2.07 bits per heavy atom.